The molecule has 1 aromatic heterocycles. The molecule has 0 aliphatic rings. The Morgan fingerprint density at radius 1 is 0.964 bits per heavy atom. The predicted octanol–water partition coefficient (Wildman–Crippen LogP) is 4.47. The number of methoxy groups -OCH3 is 1. The van der Waals surface area contributed by atoms with Crippen molar-refractivity contribution in [2.45, 2.75) is 26.3 Å². The van der Waals surface area contributed by atoms with E-state index in [9.17, 15) is 4.79 Å². The van der Waals surface area contributed by atoms with Crippen LogP contribution in [0.5, 0.6) is 17.5 Å². The molecule has 0 fully saturated rings. The molecule has 3 aromatic rings. The first-order chi connectivity index (χ1) is 13.6. The summed E-state index contributed by atoms with van der Waals surface area (Å²) >= 11 is 0. The maximum atomic E-state index is 12.2. The van der Waals surface area contributed by atoms with Crippen molar-refractivity contribution >= 4 is 5.91 Å². The molecule has 1 atom stereocenters. The molecule has 28 heavy (non-hydrogen) atoms. The summed E-state index contributed by atoms with van der Waals surface area (Å²) in [6, 6.07) is 15.0. The second kappa shape index (κ2) is 8.99. The smallest absolute Gasteiger partial charge is 0.321 e. The molecule has 6 heteroatoms. The van der Waals surface area contributed by atoms with E-state index in [1.165, 1.54) is 0 Å². The number of nitrogens with zero attached hydrogens (tertiary/aromatic N) is 2. The first-order valence-corrected chi connectivity index (χ1v) is 9.14. The maximum absolute atomic E-state index is 12.2. The molecule has 1 amide bonds. The molecular weight excluding hydrogens is 354 g/mol. The summed E-state index contributed by atoms with van der Waals surface area (Å²) < 4.78 is 10.8. The lowest BCUT2D eigenvalue weighted by Crippen LogP contribution is -2.31. The van der Waals surface area contributed by atoms with Gasteiger partial charge in [-0.3, -0.25) is 4.79 Å². The van der Waals surface area contributed by atoms with Crippen molar-refractivity contribution in [3.05, 3.63) is 66.5 Å². The minimum atomic E-state index is -0.0691. The number of benzene rings is 2. The van der Waals surface area contributed by atoms with Crippen LogP contribution in [0.15, 0.2) is 60.9 Å². The fourth-order valence-electron chi connectivity index (χ4n) is 2.49. The van der Waals surface area contributed by atoms with Crippen molar-refractivity contribution in [1.82, 2.24) is 15.3 Å². The highest BCUT2D eigenvalue weighted by Gasteiger charge is 2.09. The molecule has 0 bridgehead atoms. The average molecular weight is 377 g/mol. The second-order valence-corrected chi connectivity index (χ2v) is 6.39. The summed E-state index contributed by atoms with van der Waals surface area (Å²) in [5.41, 5.74) is 2.40. The van der Waals surface area contributed by atoms with Gasteiger partial charge in [0.15, 0.2) is 0 Å². The monoisotopic (exact) mass is 377 g/mol. The zero-order valence-corrected chi connectivity index (χ0v) is 16.2. The van der Waals surface area contributed by atoms with Gasteiger partial charge in [-0.1, -0.05) is 19.1 Å². The van der Waals surface area contributed by atoms with Crippen molar-refractivity contribution < 1.29 is 14.3 Å². The fraction of sp³-hybridized carbons (Fsp3) is 0.227. The number of amides is 1. The third-order valence-electron chi connectivity index (χ3n) is 4.37. The van der Waals surface area contributed by atoms with Crippen LogP contribution in [0.2, 0.25) is 0 Å². The highest BCUT2D eigenvalue weighted by molar-refractivity contribution is 5.94. The number of rotatable bonds is 7. The quantitative estimate of drug-likeness (QED) is 0.657. The van der Waals surface area contributed by atoms with Gasteiger partial charge in [-0.2, -0.15) is 0 Å². The Kier molecular flexibility index (Phi) is 6.22. The molecule has 144 valence electrons. The summed E-state index contributed by atoms with van der Waals surface area (Å²) in [5.74, 6) is 1.32. The molecule has 0 saturated carbocycles. The van der Waals surface area contributed by atoms with Crippen LogP contribution < -0.4 is 14.8 Å². The third kappa shape index (κ3) is 4.85. The van der Waals surface area contributed by atoms with Crippen LogP contribution in [0, 0.1) is 0 Å². The molecule has 0 radical (unpaired) electrons. The Bertz CT molecular complexity index is 907. The van der Waals surface area contributed by atoms with Gasteiger partial charge in [-0.05, 0) is 55.3 Å². The summed E-state index contributed by atoms with van der Waals surface area (Å²) in [4.78, 5) is 20.7. The summed E-state index contributed by atoms with van der Waals surface area (Å²) in [6.07, 6.45) is 4.28. The zero-order valence-electron chi connectivity index (χ0n) is 16.2. The van der Waals surface area contributed by atoms with Crippen molar-refractivity contribution in [2.24, 2.45) is 0 Å². The molecule has 1 heterocycles. The lowest BCUT2D eigenvalue weighted by atomic mass is 10.1. The average Bonchev–Trinajstić information content (AvgIpc) is 2.75. The van der Waals surface area contributed by atoms with Gasteiger partial charge in [-0.25, -0.2) is 9.97 Å². The maximum Gasteiger partial charge on any atom is 0.321 e. The van der Waals surface area contributed by atoms with Crippen LogP contribution in [0.25, 0.3) is 11.1 Å². The molecule has 0 unspecified atom stereocenters. The van der Waals surface area contributed by atoms with Gasteiger partial charge < -0.3 is 14.8 Å². The first-order valence-electron chi connectivity index (χ1n) is 9.14. The largest absolute Gasteiger partial charge is 0.497 e. The molecule has 0 saturated heterocycles. The van der Waals surface area contributed by atoms with E-state index >= 15 is 0 Å². The first kappa shape index (κ1) is 19.4. The Labute approximate surface area is 164 Å². The van der Waals surface area contributed by atoms with Gasteiger partial charge in [0.1, 0.15) is 11.5 Å². The Balaban J connectivity index is 1.66. The van der Waals surface area contributed by atoms with E-state index in [-0.39, 0.29) is 18.0 Å². The second-order valence-electron chi connectivity index (χ2n) is 6.39. The molecule has 3 rings (SSSR count). The normalized spacial score (nSPS) is 11.5. The van der Waals surface area contributed by atoms with Gasteiger partial charge in [0, 0.05) is 29.6 Å². The third-order valence-corrected chi connectivity index (χ3v) is 4.37. The van der Waals surface area contributed by atoms with Crippen LogP contribution in [0.3, 0.4) is 0 Å². The number of carbonyl (C=O) groups excluding carboxylic acids is 1. The minimum absolute atomic E-state index is 0.0691. The van der Waals surface area contributed by atoms with E-state index in [4.69, 9.17) is 9.47 Å². The van der Waals surface area contributed by atoms with Crippen molar-refractivity contribution in [3.63, 3.8) is 0 Å². The van der Waals surface area contributed by atoms with E-state index in [1.807, 2.05) is 38.1 Å². The minimum Gasteiger partial charge on any atom is -0.497 e. The van der Waals surface area contributed by atoms with Crippen molar-refractivity contribution in [2.75, 3.05) is 7.11 Å². The zero-order chi connectivity index (χ0) is 19.9. The Morgan fingerprint density at radius 3 is 2.14 bits per heavy atom. The van der Waals surface area contributed by atoms with Crippen LogP contribution in [0.1, 0.15) is 30.6 Å². The molecular formula is C22H23N3O3. The van der Waals surface area contributed by atoms with Gasteiger partial charge in [0.2, 0.25) is 0 Å². The molecule has 0 aliphatic heterocycles. The van der Waals surface area contributed by atoms with E-state index in [1.54, 1.807) is 43.8 Å². The molecule has 2 aromatic carbocycles. The summed E-state index contributed by atoms with van der Waals surface area (Å²) in [5, 5.41) is 2.95. The van der Waals surface area contributed by atoms with Crippen molar-refractivity contribution in [3.8, 4) is 28.6 Å². The van der Waals surface area contributed by atoms with E-state index < -0.39 is 0 Å². The van der Waals surface area contributed by atoms with Gasteiger partial charge >= 0.3 is 6.01 Å². The van der Waals surface area contributed by atoms with Crippen LogP contribution in [-0.4, -0.2) is 29.0 Å². The number of hydrogen-bond donors (Lipinski definition) is 1. The predicted molar refractivity (Wildman–Crippen MR) is 108 cm³/mol. The number of nitrogens with one attached hydrogen (secondary N) is 1. The van der Waals surface area contributed by atoms with Crippen LogP contribution in [0.4, 0.5) is 0 Å². The highest BCUT2D eigenvalue weighted by atomic mass is 16.5. The molecule has 1 N–H and O–H groups in total. The van der Waals surface area contributed by atoms with E-state index in [0.29, 0.717) is 11.3 Å². The number of hydrogen-bond acceptors (Lipinski definition) is 5. The summed E-state index contributed by atoms with van der Waals surface area (Å²) in [7, 11) is 1.61. The highest BCUT2D eigenvalue weighted by Crippen LogP contribution is 2.23. The SMILES string of the molecule is CC[C@H](C)NC(=O)c1ccc(-c2cnc(Oc3ccc(OC)cc3)nc2)cc1. The molecule has 0 spiro atoms. The molecule has 6 nitrogen and oxygen atoms in total. The van der Waals surface area contributed by atoms with E-state index in [2.05, 4.69) is 15.3 Å². The van der Waals surface area contributed by atoms with Gasteiger partial charge in [-0.15, -0.1) is 0 Å². The topological polar surface area (TPSA) is 73.3 Å². The van der Waals surface area contributed by atoms with Crippen LogP contribution >= 0.6 is 0 Å². The molecule has 0 aliphatic carbocycles. The van der Waals surface area contributed by atoms with Crippen LogP contribution in [-0.2, 0) is 0 Å². The summed E-state index contributed by atoms with van der Waals surface area (Å²) in [6.45, 7) is 4.02. The van der Waals surface area contributed by atoms with E-state index in [0.717, 1.165) is 23.3 Å². The van der Waals surface area contributed by atoms with Crippen molar-refractivity contribution in [1.29, 1.82) is 0 Å². The Hall–Kier alpha value is -3.41. The van der Waals surface area contributed by atoms with Gasteiger partial charge in [0.25, 0.3) is 5.91 Å². The van der Waals surface area contributed by atoms with Gasteiger partial charge in [0.05, 0.1) is 7.11 Å². The fourth-order valence-corrected chi connectivity index (χ4v) is 2.49. The lowest BCUT2D eigenvalue weighted by Gasteiger charge is -2.11. The number of aromatic nitrogens is 2. The lowest BCUT2D eigenvalue weighted by molar-refractivity contribution is 0.0939. The Morgan fingerprint density at radius 2 is 1.57 bits per heavy atom. The number of ether oxygens (including phenoxy) is 2. The standard InChI is InChI=1S/C22H23N3O3/c1-4-15(2)25-21(26)17-7-5-16(6-8-17)18-13-23-22(24-14-18)28-20-11-9-19(27-3)10-12-20/h5-15H,4H2,1-3H3,(H,25,26)/t15-/m0/s1. The number of carbonyl (C=O) groups is 1.